The molecule has 0 heterocycles. The van der Waals surface area contributed by atoms with E-state index in [1.165, 1.54) is 6.92 Å². The molecule has 7 heteroatoms. The highest BCUT2D eigenvalue weighted by Gasteiger charge is 2.23. The van der Waals surface area contributed by atoms with Gasteiger partial charge in [-0.1, -0.05) is 25.7 Å². The summed E-state index contributed by atoms with van der Waals surface area (Å²) in [5.74, 6) is -5.42. The largest absolute Gasteiger partial charge is 0.350 e. The van der Waals surface area contributed by atoms with Gasteiger partial charge in [0.1, 0.15) is 0 Å². The number of carbonyl (C=O) groups excluding carboxylic acids is 2. The Bertz CT molecular complexity index is 629. The van der Waals surface area contributed by atoms with Gasteiger partial charge in [0, 0.05) is 26.1 Å². The maximum Gasteiger partial charge on any atom is 0.254 e. The lowest BCUT2D eigenvalue weighted by atomic mass is 10.1. The van der Waals surface area contributed by atoms with E-state index in [-0.39, 0.29) is 18.5 Å². The lowest BCUT2D eigenvalue weighted by Crippen LogP contribution is -2.43. The van der Waals surface area contributed by atoms with Crippen LogP contribution in [-0.2, 0) is 4.79 Å². The van der Waals surface area contributed by atoms with Crippen molar-refractivity contribution in [2.45, 2.75) is 51.5 Å². The van der Waals surface area contributed by atoms with Gasteiger partial charge in [0.05, 0.1) is 5.56 Å². The first-order valence-electron chi connectivity index (χ1n) is 8.60. The van der Waals surface area contributed by atoms with Gasteiger partial charge in [0.2, 0.25) is 5.91 Å². The Morgan fingerprint density at radius 2 is 1.72 bits per heavy atom. The summed E-state index contributed by atoms with van der Waals surface area (Å²) in [6.45, 7) is 1.91. The Morgan fingerprint density at radius 1 is 1.08 bits per heavy atom. The number of benzene rings is 1. The molecule has 0 aliphatic heterocycles. The quantitative estimate of drug-likeness (QED) is 0.649. The Hall–Kier alpha value is -2.05. The molecule has 0 unspecified atom stereocenters. The Labute approximate surface area is 145 Å². The van der Waals surface area contributed by atoms with Crippen LogP contribution in [0, 0.1) is 17.5 Å². The molecule has 2 rings (SSSR count). The van der Waals surface area contributed by atoms with E-state index in [1.807, 2.05) is 0 Å². The molecule has 0 atom stereocenters. The average molecular weight is 356 g/mol. The van der Waals surface area contributed by atoms with Crippen molar-refractivity contribution in [1.82, 2.24) is 10.2 Å². The molecule has 1 aromatic carbocycles. The molecule has 1 fully saturated rings. The normalized spacial score (nSPS) is 15.5. The summed E-state index contributed by atoms with van der Waals surface area (Å²) in [5, 5.41) is 2.46. The number of halogens is 3. The van der Waals surface area contributed by atoms with Gasteiger partial charge in [-0.3, -0.25) is 9.59 Å². The minimum absolute atomic E-state index is 0.0693. The van der Waals surface area contributed by atoms with Crippen molar-refractivity contribution in [1.29, 1.82) is 0 Å². The number of hydrogen-bond acceptors (Lipinski definition) is 2. The van der Waals surface area contributed by atoms with Crippen molar-refractivity contribution < 1.29 is 22.8 Å². The molecular weight excluding hydrogens is 333 g/mol. The summed E-state index contributed by atoms with van der Waals surface area (Å²) < 4.78 is 39.7. The van der Waals surface area contributed by atoms with Crippen LogP contribution in [0.2, 0.25) is 0 Å². The smallest absolute Gasteiger partial charge is 0.254 e. The molecule has 1 aliphatic carbocycles. The van der Waals surface area contributed by atoms with Crippen molar-refractivity contribution >= 4 is 11.8 Å². The van der Waals surface area contributed by atoms with Crippen molar-refractivity contribution in [3.05, 3.63) is 35.1 Å². The van der Waals surface area contributed by atoms with E-state index in [0.29, 0.717) is 12.6 Å². The molecule has 138 valence electrons. The first-order valence-corrected chi connectivity index (χ1v) is 8.60. The van der Waals surface area contributed by atoms with Gasteiger partial charge in [0.15, 0.2) is 17.5 Å². The van der Waals surface area contributed by atoms with Crippen LogP contribution >= 0.6 is 0 Å². The van der Waals surface area contributed by atoms with Crippen LogP contribution in [0.25, 0.3) is 0 Å². The average Bonchev–Trinajstić information content (AvgIpc) is 2.85. The SMILES string of the molecule is CC(=O)N(CCNC(=O)c1ccc(F)c(F)c1F)C1CCCCCC1. The van der Waals surface area contributed by atoms with Gasteiger partial charge >= 0.3 is 0 Å². The zero-order valence-electron chi connectivity index (χ0n) is 14.3. The first kappa shape index (κ1) is 19.3. The Morgan fingerprint density at radius 3 is 2.32 bits per heavy atom. The Kier molecular flexibility index (Phi) is 6.84. The molecule has 0 spiro atoms. The third-order valence-electron chi connectivity index (χ3n) is 4.59. The first-order chi connectivity index (χ1) is 11.9. The van der Waals surface area contributed by atoms with Crippen LogP contribution in [0.5, 0.6) is 0 Å². The highest BCUT2D eigenvalue weighted by atomic mass is 19.2. The standard InChI is InChI=1S/C18H23F3N2O2/c1-12(24)23(13-6-4-2-3-5-7-13)11-10-22-18(25)14-8-9-15(19)17(21)16(14)20/h8-9,13H,2-7,10-11H2,1H3,(H,22,25). The fraction of sp³-hybridized carbons (Fsp3) is 0.556. The molecule has 1 aromatic rings. The van der Waals surface area contributed by atoms with Crippen molar-refractivity contribution in [3.8, 4) is 0 Å². The predicted octanol–water partition coefficient (Wildman–Crippen LogP) is 3.41. The maximum atomic E-state index is 13.6. The topological polar surface area (TPSA) is 49.4 Å². The second-order valence-corrected chi connectivity index (χ2v) is 6.34. The Balaban J connectivity index is 1.94. The monoisotopic (exact) mass is 356 g/mol. The van der Waals surface area contributed by atoms with Crippen LogP contribution in [0.1, 0.15) is 55.8 Å². The van der Waals surface area contributed by atoms with Crippen LogP contribution in [-0.4, -0.2) is 35.8 Å². The molecule has 0 aromatic heterocycles. The highest BCUT2D eigenvalue weighted by molar-refractivity contribution is 5.94. The van der Waals surface area contributed by atoms with Crippen LogP contribution in [0.4, 0.5) is 13.2 Å². The molecule has 0 saturated heterocycles. The summed E-state index contributed by atoms with van der Waals surface area (Å²) in [7, 11) is 0. The van der Waals surface area contributed by atoms with E-state index in [4.69, 9.17) is 0 Å². The van der Waals surface area contributed by atoms with Gasteiger partial charge in [0.25, 0.3) is 5.91 Å². The van der Waals surface area contributed by atoms with E-state index in [1.54, 1.807) is 4.90 Å². The number of amides is 2. The van der Waals surface area contributed by atoms with E-state index >= 15 is 0 Å². The number of nitrogens with zero attached hydrogens (tertiary/aromatic N) is 1. The molecule has 0 radical (unpaired) electrons. The number of carbonyl (C=O) groups is 2. The molecule has 2 amide bonds. The third kappa shape index (κ3) is 4.96. The van der Waals surface area contributed by atoms with Gasteiger partial charge in [-0.15, -0.1) is 0 Å². The molecule has 4 nitrogen and oxygen atoms in total. The van der Waals surface area contributed by atoms with Gasteiger partial charge in [-0.2, -0.15) is 0 Å². The lowest BCUT2D eigenvalue weighted by molar-refractivity contribution is -0.131. The lowest BCUT2D eigenvalue weighted by Gasteiger charge is -2.30. The van der Waals surface area contributed by atoms with E-state index in [0.717, 1.165) is 44.6 Å². The zero-order chi connectivity index (χ0) is 18.4. The highest BCUT2D eigenvalue weighted by Crippen LogP contribution is 2.22. The number of hydrogen-bond donors (Lipinski definition) is 1. The molecular formula is C18H23F3N2O2. The summed E-state index contributed by atoms with van der Waals surface area (Å²) >= 11 is 0. The van der Waals surface area contributed by atoms with Crippen LogP contribution < -0.4 is 5.32 Å². The summed E-state index contributed by atoms with van der Waals surface area (Å²) in [6.07, 6.45) is 6.33. The van der Waals surface area contributed by atoms with E-state index in [9.17, 15) is 22.8 Å². The molecule has 1 N–H and O–H groups in total. The molecule has 0 bridgehead atoms. The fourth-order valence-corrected chi connectivity index (χ4v) is 3.25. The summed E-state index contributed by atoms with van der Waals surface area (Å²) in [6, 6.07) is 1.76. The molecule has 1 saturated carbocycles. The maximum absolute atomic E-state index is 13.6. The number of nitrogens with one attached hydrogen (secondary N) is 1. The van der Waals surface area contributed by atoms with Gasteiger partial charge < -0.3 is 10.2 Å². The second kappa shape index (κ2) is 8.87. The zero-order valence-corrected chi connectivity index (χ0v) is 14.3. The summed E-state index contributed by atoms with van der Waals surface area (Å²) in [5.41, 5.74) is -0.553. The summed E-state index contributed by atoms with van der Waals surface area (Å²) in [4.78, 5) is 25.6. The third-order valence-corrected chi connectivity index (χ3v) is 4.59. The van der Waals surface area contributed by atoms with E-state index in [2.05, 4.69) is 5.32 Å². The van der Waals surface area contributed by atoms with Gasteiger partial charge in [-0.05, 0) is 25.0 Å². The van der Waals surface area contributed by atoms with E-state index < -0.39 is 28.9 Å². The fourth-order valence-electron chi connectivity index (χ4n) is 3.25. The molecule has 1 aliphatic rings. The second-order valence-electron chi connectivity index (χ2n) is 6.34. The van der Waals surface area contributed by atoms with Crippen LogP contribution in [0.15, 0.2) is 12.1 Å². The number of rotatable bonds is 5. The molecule has 25 heavy (non-hydrogen) atoms. The minimum atomic E-state index is -1.67. The predicted molar refractivity (Wildman–Crippen MR) is 87.5 cm³/mol. The van der Waals surface area contributed by atoms with Crippen molar-refractivity contribution in [2.24, 2.45) is 0 Å². The minimum Gasteiger partial charge on any atom is -0.350 e. The van der Waals surface area contributed by atoms with Gasteiger partial charge in [-0.25, -0.2) is 13.2 Å². The van der Waals surface area contributed by atoms with Crippen molar-refractivity contribution in [2.75, 3.05) is 13.1 Å². The van der Waals surface area contributed by atoms with Crippen LogP contribution in [0.3, 0.4) is 0 Å². The van der Waals surface area contributed by atoms with Crippen molar-refractivity contribution in [3.63, 3.8) is 0 Å².